The van der Waals surface area contributed by atoms with Gasteiger partial charge in [0.15, 0.2) is 18.5 Å². The van der Waals surface area contributed by atoms with Gasteiger partial charge in [-0.1, -0.05) is 18.8 Å². The van der Waals surface area contributed by atoms with Crippen molar-refractivity contribution in [2.75, 3.05) is 12.8 Å². The van der Waals surface area contributed by atoms with Crippen molar-refractivity contribution in [1.29, 1.82) is 0 Å². The van der Waals surface area contributed by atoms with Gasteiger partial charge in [-0.2, -0.15) is 4.98 Å². The molecular formula is C18H26N5O6+. The first-order valence-electron chi connectivity index (χ1n) is 9.27. The highest BCUT2D eigenvalue weighted by Crippen LogP contribution is 2.34. The molecule has 3 atom stereocenters. The lowest BCUT2D eigenvalue weighted by molar-refractivity contribution is -0.647. The zero-order valence-corrected chi connectivity index (χ0v) is 16.9. The van der Waals surface area contributed by atoms with Gasteiger partial charge in [-0.25, -0.2) is 4.57 Å². The average molecular weight is 408 g/mol. The Labute approximate surface area is 167 Å². The van der Waals surface area contributed by atoms with Gasteiger partial charge in [-0.05, 0) is 0 Å². The van der Waals surface area contributed by atoms with Crippen LogP contribution in [0.5, 0.6) is 0 Å². The molecule has 2 aromatic rings. The van der Waals surface area contributed by atoms with Crippen LogP contribution in [0.2, 0.25) is 0 Å². The Hall–Kier alpha value is -3.24. The predicted octanol–water partition coefficient (Wildman–Crippen LogP) is 0.375. The van der Waals surface area contributed by atoms with Crippen LogP contribution < -0.4 is 10.3 Å². The van der Waals surface area contributed by atoms with Crippen LogP contribution in [0.3, 0.4) is 0 Å². The molecule has 11 nitrogen and oxygen atoms in total. The van der Waals surface area contributed by atoms with E-state index in [1.807, 2.05) is 13.8 Å². The highest BCUT2D eigenvalue weighted by molar-refractivity contribution is 5.84. The van der Waals surface area contributed by atoms with E-state index in [0.717, 1.165) is 0 Å². The molecule has 0 aromatic carbocycles. The SMILES string of the molecule is CC.COC(=O)CC(CC1OC(=O)C1CC(=O)O)n1c[n+](C)c2ncnc(N)c21. The van der Waals surface area contributed by atoms with E-state index in [-0.39, 0.29) is 25.1 Å². The molecule has 3 rings (SSSR count). The number of hydrogen-bond donors (Lipinski definition) is 2. The standard InChI is InChI=1S/C16H19N5O6.C2H6/c1-20-7-21(13-14(17)18-6-19-15(13)20)8(4-12(24)26-2)3-10-9(5-11(22)23)16(25)27-10;1-2/h6-10H,3-5H2,1-2H3,(H2-,17,18,19,22,23);1-2H3/p+1. The fraction of sp³-hybridized carbons (Fsp3) is 0.556. The van der Waals surface area contributed by atoms with Crippen molar-refractivity contribution in [2.45, 2.75) is 45.3 Å². The first-order valence-corrected chi connectivity index (χ1v) is 9.27. The van der Waals surface area contributed by atoms with Gasteiger partial charge >= 0.3 is 23.6 Å². The molecule has 0 bridgehead atoms. The van der Waals surface area contributed by atoms with Crippen molar-refractivity contribution < 1.29 is 33.5 Å². The summed E-state index contributed by atoms with van der Waals surface area (Å²) in [5.74, 6) is -2.60. The normalized spacial score (nSPS) is 18.8. The minimum atomic E-state index is -1.08. The molecule has 1 fully saturated rings. The van der Waals surface area contributed by atoms with Gasteiger partial charge in [-0.3, -0.25) is 19.0 Å². The molecule has 3 unspecified atom stereocenters. The largest absolute Gasteiger partial charge is 0.481 e. The maximum atomic E-state index is 11.9. The summed E-state index contributed by atoms with van der Waals surface area (Å²) >= 11 is 0. The lowest BCUT2D eigenvalue weighted by Gasteiger charge is -2.35. The molecule has 11 heteroatoms. The van der Waals surface area contributed by atoms with Crippen LogP contribution in [0.4, 0.5) is 5.82 Å². The summed E-state index contributed by atoms with van der Waals surface area (Å²) < 4.78 is 13.4. The van der Waals surface area contributed by atoms with Crippen molar-refractivity contribution >= 4 is 34.9 Å². The smallest absolute Gasteiger partial charge is 0.313 e. The van der Waals surface area contributed by atoms with Crippen LogP contribution in [-0.2, 0) is 30.9 Å². The van der Waals surface area contributed by atoms with Crippen LogP contribution in [0.25, 0.3) is 11.2 Å². The van der Waals surface area contributed by atoms with Gasteiger partial charge in [0.2, 0.25) is 5.52 Å². The van der Waals surface area contributed by atoms with E-state index in [9.17, 15) is 14.4 Å². The lowest BCUT2D eigenvalue weighted by atomic mass is 9.88. The molecule has 0 spiro atoms. The molecule has 0 radical (unpaired) electrons. The molecule has 2 aromatic heterocycles. The van der Waals surface area contributed by atoms with Crippen molar-refractivity contribution in [3.8, 4) is 0 Å². The van der Waals surface area contributed by atoms with Crippen molar-refractivity contribution in [1.82, 2.24) is 14.5 Å². The number of rotatable bonds is 7. The number of cyclic esters (lactones) is 1. The third kappa shape index (κ3) is 4.61. The van der Waals surface area contributed by atoms with Gasteiger partial charge in [0.1, 0.15) is 12.0 Å². The number of aromatic nitrogens is 4. The molecule has 1 saturated heterocycles. The number of aryl methyl sites for hydroxylation is 1. The van der Waals surface area contributed by atoms with E-state index < -0.39 is 36.0 Å². The maximum absolute atomic E-state index is 11.9. The minimum Gasteiger partial charge on any atom is -0.481 e. The molecule has 1 aliphatic rings. The van der Waals surface area contributed by atoms with Crippen LogP contribution in [0.1, 0.15) is 39.2 Å². The molecule has 0 saturated carbocycles. The van der Waals surface area contributed by atoms with Gasteiger partial charge < -0.3 is 20.3 Å². The number of fused-ring (bicyclic) bond motifs is 1. The summed E-state index contributed by atoms with van der Waals surface area (Å²) in [4.78, 5) is 42.7. The van der Waals surface area contributed by atoms with Gasteiger partial charge in [-0.15, -0.1) is 0 Å². The Morgan fingerprint density at radius 3 is 2.69 bits per heavy atom. The summed E-state index contributed by atoms with van der Waals surface area (Å²) in [5.41, 5.74) is 7.11. The van der Waals surface area contributed by atoms with Crippen molar-refractivity contribution in [3.63, 3.8) is 0 Å². The Balaban J connectivity index is 0.00000145. The van der Waals surface area contributed by atoms with E-state index in [4.69, 9.17) is 20.3 Å². The van der Waals surface area contributed by atoms with Gasteiger partial charge in [0.05, 0.1) is 33.0 Å². The average Bonchev–Trinajstić information content (AvgIpc) is 3.04. The molecule has 3 heterocycles. The number of carboxylic acid groups (broad SMARTS) is 1. The van der Waals surface area contributed by atoms with E-state index in [1.54, 1.807) is 22.5 Å². The van der Waals surface area contributed by atoms with Crippen LogP contribution in [0, 0.1) is 5.92 Å². The molecule has 29 heavy (non-hydrogen) atoms. The summed E-state index contributed by atoms with van der Waals surface area (Å²) in [7, 11) is 3.05. The molecule has 158 valence electrons. The number of carbonyl (C=O) groups excluding carboxylic acids is 2. The fourth-order valence-corrected chi connectivity index (χ4v) is 3.32. The Morgan fingerprint density at radius 2 is 2.10 bits per heavy atom. The lowest BCUT2D eigenvalue weighted by Crippen LogP contribution is -2.47. The van der Waals surface area contributed by atoms with E-state index in [1.165, 1.54) is 13.4 Å². The zero-order chi connectivity index (χ0) is 21.7. The zero-order valence-electron chi connectivity index (χ0n) is 16.9. The first-order chi connectivity index (χ1) is 13.8. The monoisotopic (exact) mass is 408 g/mol. The minimum absolute atomic E-state index is 0.0115. The second-order valence-electron chi connectivity index (χ2n) is 6.41. The number of carboxylic acids is 1. The quantitative estimate of drug-likeness (QED) is 0.489. The number of anilines is 1. The van der Waals surface area contributed by atoms with Crippen LogP contribution in [0.15, 0.2) is 12.7 Å². The molecule has 0 aliphatic carbocycles. The highest BCUT2D eigenvalue weighted by Gasteiger charge is 2.46. The number of imidazole rings is 1. The second-order valence-corrected chi connectivity index (χ2v) is 6.41. The van der Waals surface area contributed by atoms with Crippen LogP contribution >= 0.6 is 0 Å². The number of ether oxygens (including phenoxy) is 2. The Kier molecular flexibility index (Phi) is 7.08. The molecular weight excluding hydrogens is 382 g/mol. The van der Waals surface area contributed by atoms with E-state index in [0.29, 0.717) is 11.2 Å². The third-order valence-electron chi connectivity index (χ3n) is 4.66. The first kappa shape index (κ1) is 22.1. The number of esters is 2. The summed E-state index contributed by atoms with van der Waals surface area (Å²) in [5, 5.41) is 8.98. The maximum Gasteiger partial charge on any atom is 0.313 e. The topological polar surface area (TPSA) is 151 Å². The molecule has 0 amide bonds. The number of hydrogen-bond acceptors (Lipinski definition) is 8. The van der Waals surface area contributed by atoms with E-state index >= 15 is 0 Å². The highest BCUT2D eigenvalue weighted by atomic mass is 16.6. The second kappa shape index (κ2) is 9.30. The van der Waals surface area contributed by atoms with Crippen molar-refractivity contribution in [3.05, 3.63) is 12.7 Å². The van der Waals surface area contributed by atoms with Crippen molar-refractivity contribution in [2.24, 2.45) is 13.0 Å². The summed E-state index contributed by atoms with van der Waals surface area (Å²) in [6.07, 6.45) is 2.35. The number of nitrogens with two attached hydrogens (primary N) is 1. The number of carbonyl (C=O) groups is 3. The molecule has 1 aliphatic heterocycles. The number of aliphatic carboxylic acids is 1. The van der Waals surface area contributed by atoms with Crippen LogP contribution in [-0.4, -0.2) is 50.8 Å². The van der Waals surface area contributed by atoms with Gasteiger partial charge in [0.25, 0.3) is 0 Å². The third-order valence-corrected chi connectivity index (χ3v) is 4.66. The predicted molar refractivity (Wildman–Crippen MR) is 100 cm³/mol. The number of nitrogen functional groups attached to an aromatic ring is 1. The summed E-state index contributed by atoms with van der Waals surface area (Å²) in [6.45, 7) is 4.00. The molecule has 3 N–H and O–H groups in total. The van der Waals surface area contributed by atoms with Gasteiger partial charge in [0, 0.05) is 6.42 Å². The Morgan fingerprint density at radius 1 is 1.41 bits per heavy atom. The fourth-order valence-electron chi connectivity index (χ4n) is 3.32. The number of nitrogens with zero attached hydrogens (tertiary/aromatic N) is 4. The summed E-state index contributed by atoms with van der Waals surface area (Å²) in [6, 6.07) is -0.483. The number of methoxy groups -OCH3 is 1. The Bertz CT molecular complexity index is 912. The van der Waals surface area contributed by atoms with E-state index in [2.05, 4.69) is 9.97 Å².